The van der Waals surface area contributed by atoms with Gasteiger partial charge in [0, 0.05) is 11.5 Å². The number of hydrogen-bond donors (Lipinski definition) is 0. The van der Waals surface area contributed by atoms with Gasteiger partial charge in [0.05, 0.1) is 10.8 Å². The third kappa shape index (κ3) is 3.40. The van der Waals surface area contributed by atoms with E-state index in [-0.39, 0.29) is 30.5 Å². The highest BCUT2D eigenvalue weighted by molar-refractivity contribution is 6.42. The molecule has 0 radical (unpaired) electrons. The van der Waals surface area contributed by atoms with Crippen molar-refractivity contribution >= 4 is 23.1 Å². The van der Waals surface area contributed by atoms with Gasteiger partial charge in [-0.1, -0.05) is 79.1 Å². The molecule has 0 spiro atoms. The summed E-state index contributed by atoms with van der Waals surface area (Å²) < 4.78 is 0. The normalized spacial score (nSPS) is 33.2. The molecule has 4 saturated carbocycles. The van der Waals surface area contributed by atoms with Crippen LogP contribution in [0.15, 0.2) is 65.3 Å². The summed E-state index contributed by atoms with van der Waals surface area (Å²) in [6.45, 7) is 15.6. The Bertz CT molecular complexity index is 1260. The van der Waals surface area contributed by atoms with Crippen LogP contribution in [0.3, 0.4) is 0 Å². The van der Waals surface area contributed by atoms with Gasteiger partial charge in [-0.05, 0) is 72.1 Å². The van der Waals surface area contributed by atoms with Crippen molar-refractivity contribution in [2.24, 2.45) is 33.5 Å². The maximum Gasteiger partial charge on any atom is 0.184 e. The van der Waals surface area contributed by atoms with Crippen LogP contribution >= 0.6 is 0 Å². The van der Waals surface area contributed by atoms with E-state index in [2.05, 4.69) is 6.08 Å². The molecule has 4 fully saturated rings. The SMILES string of the molecule is CC(C)=CCC12CC3[C@@H](C=C(C)C)C(CC=C(C)C)(C1=O)C(=O)C(C(=O)c1ccccc1)(C2=O)C3(C)C. The zero-order valence-corrected chi connectivity index (χ0v) is 23.5. The van der Waals surface area contributed by atoms with E-state index in [9.17, 15) is 14.4 Å². The topological polar surface area (TPSA) is 68.3 Å². The average molecular weight is 501 g/mol. The van der Waals surface area contributed by atoms with Crippen LogP contribution in [0.1, 0.15) is 85.0 Å². The third-order valence-electron chi connectivity index (χ3n) is 9.41. The molecule has 5 atom stereocenters. The fourth-order valence-electron chi connectivity index (χ4n) is 7.59. The Kier molecular flexibility index (Phi) is 6.50. The molecule has 1 aromatic rings. The van der Waals surface area contributed by atoms with Crippen molar-refractivity contribution in [1.29, 1.82) is 0 Å². The van der Waals surface area contributed by atoms with Crippen LogP contribution in [0.2, 0.25) is 0 Å². The van der Waals surface area contributed by atoms with E-state index in [0.717, 1.165) is 16.7 Å². The Morgan fingerprint density at radius 1 is 0.811 bits per heavy atom. The summed E-state index contributed by atoms with van der Waals surface area (Å²) in [5, 5.41) is 0. The molecule has 4 aliphatic carbocycles. The van der Waals surface area contributed by atoms with Crippen molar-refractivity contribution in [1.82, 2.24) is 0 Å². The first kappa shape index (κ1) is 27.2. The van der Waals surface area contributed by atoms with Gasteiger partial charge in [0.15, 0.2) is 28.5 Å². The minimum absolute atomic E-state index is 0.181. The van der Waals surface area contributed by atoms with Crippen molar-refractivity contribution < 1.29 is 19.2 Å². The molecule has 196 valence electrons. The van der Waals surface area contributed by atoms with Gasteiger partial charge in [0.25, 0.3) is 0 Å². The molecule has 4 bridgehead atoms. The van der Waals surface area contributed by atoms with Crippen molar-refractivity contribution in [2.75, 3.05) is 0 Å². The van der Waals surface area contributed by atoms with E-state index in [1.54, 1.807) is 24.3 Å². The number of Topliss-reactive ketones (excluding diaryl/α,β-unsaturated/α-hetero) is 4. The highest BCUT2D eigenvalue weighted by Gasteiger charge is 2.86. The maximum absolute atomic E-state index is 15.0. The fourth-order valence-corrected chi connectivity index (χ4v) is 7.59. The minimum atomic E-state index is -1.90. The fraction of sp³-hybridized carbons (Fsp3) is 0.515. The quantitative estimate of drug-likeness (QED) is 0.232. The summed E-state index contributed by atoms with van der Waals surface area (Å²) in [5.74, 6) is -2.25. The van der Waals surface area contributed by atoms with Gasteiger partial charge >= 0.3 is 0 Å². The second-order valence-electron chi connectivity index (χ2n) is 12.8. The van der Waals surface area contributed by atoms with Crippen LogP contribution in [0.25, 0.3) is 0 Å². The van der Waals surface area contributed by atoms with Gasteiger partial charge in [0.1, 0.15) is 0 Å². The minimum Gasteiger partial charge on any atom is -0.297 e. The average Bonchev–Trinajstić information content (AvgIpc) is 2.82. The molecule has 37 heavy (non-hydrogen) atoms. The molecule has 0 saturated heterocycles. The van der Waals surface area contributed by atoms with Crippen molar-refractivity contribution in [2.45, 2.75) is 74.7 Å². The molecule has 0 N–H and O–H groups in total. The second kappa shape index (κ2) is 8.85. The van der Waals surface area contributed by atoms with E-state index in [1.807, 2.05) is 73.6 Å². The lowest BCUT2D eigenvalue weighted by atomic mass is 9.27. The lowest BCUT2D eigenvalue weighted by molar-refractivity contribution is -0.209. The van der Waals surface area contributed by atoms with Gasteiger partial charge in [-0.25, -0.2) is 0 Å². The van der Waals surface area contributed by atoms with Crippen LogP contribution in [0, 0.1) is 33.5 Å². The molecule has 4 nitrogen and oxygen atoms in total. The maximum atomic E-state index is 15.0. The van der Waals surface area contributed by atoms with Gasteiger partial charge in [0.2, 0.25) is 0 Å². The summed E-state index contributed by atoms with van der Waals surface area (Å²) in [6.07, 6.45) is 6.76. The summed E-state index contributed by atoms with van der Waals surface area (Å²) >= 11 is 0. The molecule has 1 aromatic carbocycles. The highest BCUT2D eigenvalue weighted by atomic mass is 16.2. The van der Waals surface area contributed by atoms with Gasteiger partial charge in [-0.15, -0.1) is 0 Å². The lowest BCUT2D eigenvalue weighted by Crippen LogP contribution is -2.83. The largest absolute Gasteiger partial charge is 0.297 e. The van der Waals surface area contributed by atoms with Gasteiger partial charge < -0.3 is 0 Å². The number of carbonyl (C=O) groups excluding carboxylic acids is 4. The van der Waals surface area contributed by atoms with Crippen LogP contribution in [0.4, 0.5) is 0 Å². The van der Waals surface area contributed by atoms with Crippen molar-refractivity contribution in [3.8, 4) is 0 Å². The number of ketones is 4. The molecule has 4 aliphatic rings. The van der Waals surface area contributed by atoms with E-state index < -0.39 is 39.0 Å². The molecule has 0 heterocycles. The molecule has 5 rings (SSSR count). The second-order valence-corrected chi connectivity index (χ2v) is 12.8. The Morgan fingerprint density at radius 2 is 1.38 bits per heavy atom. The summed E-state index contributed by atoms with van der Waals surface area (Å²) in [6, 6.07) is 8.68. The molecule has 0 amide bonds. The van der Waals surface area contributed by atoms with Gasteiger partial charge in [-0.3, -0.25) is 19.2 Å². The molecule has 4 heteroatoms. The predicted molar refractivity (Wildman–Crippen MR) is 146 cm³/mol. The Morgan fingerprint density at radius 3 is 1.92 bits per heavy atom. The van der Waals surface area contributed by atoms with E-state index in [0.29, 0.717) is 12.0 Å². The van der Waals surface area contributed by atoms with E-state index >= 15 is 4.79 Å². The van der Waals surface area contributed by atoms with Gasteiger partial charge in [-0.2, -0.15) is 0 Å². The number of benzene rings is 1. The number of allylic oxidation sites excluding steroid dienone is 6. The summed E-state index contributed by atoms with van der Waals surface area (Å²) in [5.41, 5.74) is -2.29. The summed E-state index contributed by atoms with van der Waals surface area (Å²) in [7, 11) is 0. The first-order valence-electron chi connectivity index (χ1n) is 13.4. The first-order valence-corrected chi connectivity index (χ1v) is 13.4. The smallest absolute Gasteiger partial charge is 0.184 e. The third-order valence-corrected chi connectivity index (χ3v) is 9.41. The van der Waals surface area contributed by atoms with E-state index in [4.69, 9.17) is 0 Å². The van der Waals surface area contributed by atoms with Crippen LogP contribution < -0.4 is 0 Å². The Hall–Kier alpha value is -2.88. The summed E-state index contributed by atoms with van der Waals surface area (Å²) in [4.78, 5) is 59.0. The number of hydrogen-bond acceptors (Lipinski definition) is 4. The predicted octanol–water partition coefficient (Wildman–Crippen LogP) is 6.90. The molecule has 0 aromatic heterocycles. The standard InChI is InChI=1S/C33H40O4/c1-20(2)14-16-31-19-25-24(18-22(5)6)32(27(31)35,17-15-21(3)4)29(37)33(28(31)36,30(25,7)8)26(34)23-12-10-9-11-13-23/h9-15,18,24-25H,16-17,19H2,1-8H3/t24-,25?,31?,32?,33?/m1/s1. The number of rotatable bonds is 7. The zero-order valence-electron chi connectivity index (χ0n) is 23.5. The van der Waals surface area contributed by atoms with Crippen molar-refractivity contribution in [3.05, 3.63) is 70.8 Å². The Labute approximate surface area is 221 Å². The molecule has 0 aliphatic heterocycles. The number of carbonyl (C=O) groups is 4. The molecular weight excluding hydrogens is 460 g/mol. The molecular formula is C33H40O4. The zero-order chi connectivity index (χ0) is 27.6. The Balaban J connectivity index is 2.13. The monoisotopic (exact) mass is 500 g/mol. The van der Waals surface area contributed by atoms with Crippen LogP contribution in [0.5, 0.6) is 0 Å². The highest BCUT2D eigenvalue weighted by Crippen LogP contribution is 2.75. The molecule has 4 unspecified atom stereocenters. The van der Waals surface area contributed by atoms with Crippen LogP contribution in [-0.2, 0) is 14.4 Å². The van der Waals surface area contributed by atoms with Crippen molar-refractivity contribution in [3.63, 3.8) is 0 Å². The first-order chi connectivity index (χ1) is 17.2. The van der Waals surface area contributed by atoms with E-state index in [1.165, 1.54) is 0 Å². The lowest BCUT2D eigenvalue weighted by Gasteiger charge is -2.70. The van der Waals surface area contributed by atoms with Crippen LogP contribution in [-0.4, -0.2) is 23.1 Å².